The van der Waals surface area contributed by atoms with Gasteiger partial charge in [0.05, 0.1) is 12.2 Å². The van der Waals surface area contributed by atoms with Gasteiger partial charge in [0.2, 0.25) is 0 Å². The predicted octanol–water partition coefficient (Wildman–Crippen LogP) is 5.55. The molecule has 1 aromatic carbocycles. The number of hydrogen-bond donors (Lipinski definition) is 2. The molecule has 172 valence electrons. The Morgan fingerprint density at radius 3 is 2.62 bits per heavy atom. The summed E-state index contributed by atoms with van der Waals surface area (Å²) in [5, 5.41) is 4.95. The quantitative estimate of drug-likeness (QED) is 0.407. The lowest BCUT2D eigenvalue weighted by molar-refractivity contribution is 0.205. The second-order valence-electron chi connectivity index (χ2n) is 9.76. The van der Waals surface area contributed by atoms with Crippen molar-refractivity contribution in [3.63, 3.8) is 0 Å². The van der Waals surface area contributed by atoms with Gasteiger partial charge in [0.1, 0.15) is 0 Å². The van der Waals surface area contributed by atoms with E-state index in [1.54, 1.807) is 5.01 Å². The summed E-state index contributed by atoms with van der Waals surface area (Å²) in [6.07, 6.45) is 7.50. The van der Waals surface area contributed by atoms with Gasteiger partial charge >= 0.3 is 6.03 Å². The molecule has 0 fully saturated rings. The molecule has 1 aliphatic rings. The standard InChI is InChI=1S/C25H36N4O2Si/c1-25(2,3)32(4,5)31-16-10-9-14-26-24(30)28-29-15-13-23-22(19-29)17-21(18-27-23)20-11-7-6-8-12-20/h6-8,11-13,15,17-18H,9-10,14,16,19H2,1-5H3,(H2,26,28,30). The topological polar surface area (TPSA) is 66.5 Å². The molecule has 0 unspecified atom stereocenters. The highest BCUT2D eigenvalue weighted by Crippen LogP contribution is 2.36. The Hall–Kier alpha value is -2.64. The fourth-order valence-corrected chi connectivity index (χ4v) is 4.29. The number of aromatic nitrogens is 1. The van der Waals surface area contributed by atoms with E-state index in [1.165, 1.54) is 0 Å². The minimum absolute atomic E-state index is 0.199. The Morgan fingerprint density at radius 1 is 1.16 bits per heavy atom. The van der Waals surface area contributed by atoms with Crippen molar-refractivity contribution in [3.05, 3.63) is 60.1 Å². The summed E-state index contributed by atoms with van der Waals surface area (Å²) in [4.78, 5) is 16.9. The van der Waals surface area contributed by atoms with Gasteiger partial charge in [-0.05, 0) is 54.2 Å². The summed E-state index contributed by atoms with van der Waals surface area (Å²) >= 11 is 0. The Bertz CT molecular complexity index is 939. The highest BCUT2D eigenvalue weighted by molar-refractivity contribution is 6.74. The van der Waals surface area contributed by atoms with E-state index in [2.05, 4.69) is 67.8 Å². The molecule has 32 heavy (non-hydrogen) atoms. The van der Waals surface area contributed by atoms with Crippen LogP contribution in [0.15, 0.2) is 48.8 Å². The number of nitrogens with zero attached hydrogens (tertiary/aromatic N) is 2. The van der Waals surface area contributed by atoms with Crippen LogP contribution in [0.2, 0.25) is 18.1 Å². The molecule has 0 bridgehead atoms. The molecule has 0 saturated heterocycles. The molecule has 2 amide bonds. The van der Waals surface area contributed by atoms with Gasteiger partial charge in [0.25, 0.3) is 0 Å². The van der Waals surface area contributed by atoms with Crippen LogP contribution in [-0.4, -0.2) is 37.5 Å². The Kier molecular flexibility index (Phi) is 7.74. The van der Waals surface area contributed by atoms with Crippen molar-refractivity contribution in [1.82, 2.24) is 20.7 Å². The third-order valence-corrected chi connectivity index (χ3v) is 10.8. The number of hydrogen-bond acceptors (Lipinski definition) is 4. The van der Waals surface area contributed by atoms with Gasteiger partial charge in [0, 0.05) is 31.1 Å². The number of hydrazine groups is 1. The maximum atomic E-state index is 12.3. The maximum absolute atomic E-state index is 12.3. The largest absolute Gasteiger partial charge is 0.417 e. The van der Waals surface area contributed by atoms with Crippen molar-refractivity contribution in [2.24, 2.45) is 0 Å². The summed E-state index contributed by atoms with van der Waals surface area (Å²) < 4.78 is 6.18. The number of benzene rings is 1. The highest BCUT2D eigenvalue weighted by Gasteiger charge is 2.36. The number of fused-ring (bicyclic) bond motifs is 1. The molecule has 7 heteroatoms. The molecule has 0 spiro atoms. The lowest BCUT2D eigenvalue weighted by Crippen LogP contribution is -2.45. The van der Waals surface area contributed by atoms with Crippen LogP contribution in [0, 0.1) is 0 Å². The average molecular weight is 453 g/mol. The molecule has 0 aliphatic carbocycles. The van der Waals surface area contributed by atoms with E-state index in [0.29, 0.717) is 13.1 Å². The van der Waals surface area contributed by atoms with Crippen LogP contribution in [0.4, 0.5) is 4.79 Å². The van der Waals surface area contributed by atoms with Crippen LogP contribution in [-0.2, 0) is 11.0 Å². The van der Waals surface area contributed by atoms with Gasteiger partial charge < -0.3 is 9.74 Å². The summed E-state index contributed by atoms with van der Waals surface area (Å²) in [5.41, 5.74) is 7.12. The number of amides is 2. The Morgan fingerprint density at radius 2 is 1.91 bits per heavy atom. The number of carbonyl (C=O) groups is 1. The number of rotatable bonds is 8. The molecular formula is C25H36N4O2Si. The monoisotopic (exact) mass is 452 g/mol. The van der Waals surface area contributed by atoms with Gasteiger partial charge in [-0.3, -0.25) is 9.99 Å². The van der Waals surface area contributed by atoms with Crippen LogP contribution in [0.1, 0.15) is 44.9 Å². The van der Waals surface area contributed by atoms with Gasteiger partial charge in [-0.2, -0.15) is 0 Å². The second kappa shape index (κ2) is 10.3. The first-order chi connectivity index (χ1) is 15.2. The first kappa shape index (κ1) is 24.0. The zero-order valence-electron chi connectivity index (χ0n) is 19.9. The first-order valence-electron chi connectivity index (χ1n) is 11.3. The van der Waals surface area contributed by atoms with Gasteiger partial charge in [-0.25, -0.2) is 10.2 Å². The molecule has 6 nitrogen and oxygen atoms in total. The summed E-state index contributed by atoms with van der Waals surface area (Å²) in [6, 6.07) is 12.1. The predicted molar refractivity (Wildman–Crippen MR) is 133 cm³/mol. The SMILES string of the molecule is CC(C)(C)[Si](C)(C)OCCCCNC(=O)NN1C=Cc2ncc(-c3ccccc3)cc2C1. The molecule has 0 radical (unpaired) electrons. The van der Waals surface area contributed by atoms with E-state index in [4.69, 9.17) is 4.43 Å². The van der Waals surface area contributed by atoms with Gasteiger partial charge in [-0.15, -0.1) is 0 Å². The van der Waals surface area contributed by atoms with Gasteiger partial charge in [-0.1, -0.05) is 51.1 Å². The van der Waals surface area contributed by atoms with Crippen molar-refractivity contribution in [2.75, 3.05) is 13.2 Å². The van der Waals surface area contributed by atoms with E-state index in [0.717, 1.165) is 41.8 Å². The number of unbranched alkanes of at least 4 members (excludes halogenated alkanes) is 1. The first-order valence-corrected chi connectivity index (χ1v) is 14.2. The van der Waals surface area contributed by atoms with Crippen molar-refractivity contribution >= 4 is 20.4 Å². The molecule has 2 N–H and O–H groups in total. The zero-order chi connectivity index (χ0) is 23.2. The summed E-state index contributed by atoms with van der Waals surface area (Å²) in [5.74, 6) is 0. The lowest BCUT2D eigenvalue weighted by Gasteiger charge is -2.36. The van der Waals surface area contributed by atoms with Gasteiger partial charge in [0.15, 0.2) is 8.32 Å². The Balaban J connectivity index is 1.41. The second-order valence-corrected chi connectivity index (χ2v) is 14.6. The van der Waals surface area contributed by atoms with E-state index in [9.17, 15) is 4.79 Å². The molecular weight excluding hydrogens is 416 g/mol. The Labute approximate surface area is 193 Å². The third-order valence-electron chi connectivity index (χ3n) is 6.23. The van der Waals surface area contributed by atoms with Crippen molar-refractivity contribution in [1.29, 1.82) is 0 Å². The van der Waals surface area contributed by atoms with Crippen molar-refractivity contribution < 1.29 is 9.22 Å². The number of nitrogens with one attached hydrogen (secondary N) is 2. The number of pyridine rings is 1. The molecule has 1 aromatic heterocycles. The average Bonchev–Trinajstić information content (AvgIpc) is 2.75. The fourth-order valence-electron chi connectivity index (χ4n) is 3.20. The van der Waals surface area contributed by atoms with Crippen molar-refractivity contribution in [3.8, 4) is 11.1 Å². The van der Waals surface area contributed by atoms with Crippen LogP contribution in [0.25, 0.3) is 17.2 Å². The minimum Gasteiger partial charge on any atom is -0.417 e. The number of carbonyl (C=O) groups excluding carboxylic acids is 1. The molecule has 0 atom stereocenters. The molecule has 3 rings (SSSR count). The third kappa shape index (κ3) is 6.43. The molecule has 2 heterocycles. The van der Waals surface area contributed by atoms with Crippen LogP contribution in [0.3, 0.4) is 0 Å². The van der Waals surface area contributed by atoms with E-state index in [-0.39, 0.29) is 11.1 Å². The highest BCUT2D eigenvalue weighted by atomic mass is 28.4. The van der Waals surface area contributed by atoms with E-state index >= 15 is 0 Å². The smallest absolute Gasteiger partial charge is 0.333 e. The summed E-state index contributed by atoms with van der Waals surface area (Å²) in [7, 11) is -1.69. The minimum atomic E-state index is -1.69. The van der Waals surface area contributed by atoms with Crippen molar-refractivity contribution in [2.45, 2.75) is 58.3 Å². The fraction of sp³-hybridized carbons (Fsp3) is 0.440. The normalized spacial score (nSPS) is 13.6. The van der Waals surface area contributed by atoms with Crippen LogP contribution in [0.5, 0.6) is 0 Å². The van der Waals surface area contributed by atoms with Crippen LogP contribution >= 0.6 is 0 Å². The van der Waals surface area contributed by atoms with E-state index < -0.39 is 8.32 Å². The summed E-state index contributed by atoms with van der Waals surface area (Å²) in [6.45, 7) is 13.2. The number of urea groups is 1. The molecule has 0 saturated carbocycles. The van der Waals surface area contributed by atoms with E-state index in [1.807, 2.05) is 36.7 Å². The lowest BCUT2D eigenvalue weighted by atomic mass is 10.0. The zero-order valence-corrected chi connectivity index (χ0v) is 20.9. The van der Waals surface area contributed by atoms with Crippen LogP contribution < -0.4 is 10.7 Å². The molecule has 1 aliphatic heterocycles. The molecule has 2 aromatic rings. The maximum Gasteiger partial charge on any atom is 0.333 e.